The largest absolute Gasteiger partial charge is 0.484 e. The number of rotatable bonds is 7. The average Bonchev–Trinajstić information content (AvgIpc) is 3.16. The van der Waals surface area contributed by atoms with Gasteiger partial charge in [-0.15, -0.1) is 0 Å². The van der Waals surface area contributed by atoms with Gasteiger partial charge in [0.2, 0.25) is 10.0 Å². The fraction of sp³-hybridized carbons (Fsp3) is 0.0526. The lowest BCUT2D eigenvalue weighted by molar-refractivity contribution is -0.123. The maximum absolute atomic E-state index is 12.8. The normalized spacial score (nSPS) is 11.5. The number of benzene rings is 2. The van der Waals surface area contributed by atoms with E-state index in [1.807, 2.05) is 0 Å². The van der Waals surface area contributed by atoms with Crippen LogP contribution in [-0.2, 0) is 14.8 Å². The van der Waals surface area contributed by atoms with Gasteiger partial charge in [0.05, 0.1) is 11.1 Å². The van der Waals surface area contributed by atoms with Gasteiger partial charge in [-0.2, -0.15) is 5.10 Å². The first-order valence-electron chi connectivity index (χ1n) is 8.24. The lowest BCUT2D eigenvalue weighted by Gasteiger charge is -2.04. The van der Waals surface area contributed by atoms with Crippen LogP contribution in [0.4, 0.5) is 4.39 Å². The third kappa shape index (κ3) is 5.74. The van der Waals surface area contributed by atoms with Gasteiger partial charge in [-0.1, -0.05) is 0 Å². The number of nitrogens with zero attached hydrogens (tertiary/aromatic N) is 1. The number of sulfonamides is 1. The van der Waals surface area contributed by atoms with Crippen molar-refractivity contribution in [2.75, 3.05) is 6.61 Å². The molecule has 0 aliphatic carbocycles. The van der Waals surface area contributed by atoms with E-state index in [1.165, 1.54) is 42.6 Å². The number of hydrogen-bond donors (Lipinski definition) is 2. The molecule has 0 saturated heterocycles. The van der Waals surface area contributed by atoms with Crippen LogP contribution in [0.15, 0.2) is 75.1 Å². The van der Waals surface area contributed by atoms with E-state index in [0.29, 0.717) is 22.8 Å². The number of carbonyl (C=O) groups is 1. The molecule has 0 radical (unpaired) electrons. The van der Waals surface area contributed by atoms with Crippen molar-refractivity contribution in [2.45, 2.75) is 4.90 Å². The van der Waals surface area contributed by atoms with Crippen LogP contribution in [-0.4, -0.2) is 27.1 Å². The quantitative estimate of drug-likeness (QED) is 0.451. The van der Waals surface area contributed by atoms with Crippen molar-refractivity contribution in [2.24, 2.45) is 10.2 Å². The fourth-order valence-electron chi connectivity index (χ4n) is 2.27. The molecular weight excluding hydrogens is 401 g/mol. The SMILES string of the molecule is NS(=O)(=O)c1ccc(-c2ccc(/C=N/NC(=O)COc3ccc(F)cc3)o2)cc1. The summed E-state index contributed by atoms with van der Waals surface area (Å²) in [7, 11) is -3.76. The molecule has 3 rings (SSSR count). The third-order valence-corrected chi connectivity index (χ3v) is 4.59. The number of amides is 1. The van der Waals surface area contributed by atoms with Gasteiger partial charge in [0.25, 0.3) is 5.91 Å². The molecule has 1 heterocycles. The Labute approximate surface area is 165 Å². The van der Waals surface area contributed by atoms with Crippen LogP contribution in [0.1, 0.15) is 5.76 Å². The van der Waals surface area contributed by atoms with Gasteiger partial charge in [-0.05, 0) is 60.7 Å². The lowest BCUT2D eigenvalue weighted by atomic mass is 10.2. The van der Waals surface area contributed by atoms with Gasteiger partial charge in [0, 0.05) is 5.56 Å². The Morgan fingerprint density at radius 1 is 1.10 bits per heavy atom. The Bertz CT molecular complexity index is 1120. The summed E-state index contributed by atoms with van der Waals surface area (Å²) in [5.74, 6) is 0.309. The van der Waals surface area contributed by atoms with Crippen LogP contribution in [0, 0.1) is 5.82 Å². The van der Waals surface area contributed by atoms with Crippen molar-refractivity contribution >= 4 is 22.1 Å². The standard InChI is InChI=1S/C19H16FN3O5S/c20-14-3-5-15(6-4-14)27-12-19(24)23-22-11-16-7-10-18(28-16)13-1-8-17(9-2-13)29(21,25)26/h1-11H,12H2,(H,23,24)(H2,21,25,26)/b22-11+. The molecule has 10 heteroatoms. The predicted octanol–water partition coefficient (Wildman–Crippen LogP) is 2.26. The molecule has 0 aliphatic rings. The van der Waals surface area contributed by atoms with Crippen molar-refractivity contribution in [3.8, 4) is 17.1 Å². The monoisotopic (exact) mass is 417 g/mol. The van der Waals surface area contributed by atoms with E-state index >= 15 is 0 Å². The number of furan rings is 1. The maximum Gasteiger partial charge on any atom is 0.277 e. The second-order valence-corrected chi connectivity index (χ2v) is 7.37. The molecule has 1 amide bonds. The van der Waals surface area contributed by atoms with Crippen molar-refractivity contribution in [3.63, 3.8) is 0 Å². The fourth-order valence-corrected chi connectivity index (χ4v) is 2.78. The minimum Gasteiger partial charge on any atom is -0.484 e. The first-order valence-corrected chi connectivity index (χ1v) is 9.79. The van der Waals surface area contributed by atoms with Crippen molar-refractivity contribution in [1.82, 2.24) is 5.43 Å². The molecular formula is C19H16FN3O5S. The Hall–Kier alpha value is -3.50. The molecule has 8 nitrogen and oxygen atoms in total. The molecule has 3 N–H and O–H groups in total. The highest BCUT2D eigenvalue weighted by Gasteiger charge is 2.09. The van der Waals surface area contributed by atoms with Gasteiger partial charge >= 0.3 is 0 Å². The van der Waals surface area contributed by atoms with Gasteiger partial charge in [0.1, 0.15) is 23.1 Å². The molecule has 0 bridgehead atoms. The molecule has 0 spiro atoms. The molecule has 0 aliphatic heterocycles. The highest BCUT2D eigenvalue weighted by molar-refractivity contribution is 7.89. The summed E-state index contributed by atoms with van der Waals surface area (Å²) in [6.07, 6.45) is 1.30. The number of nitrogens with two attached hydrogens (primary N) is 1. The number of hydrazone groups is 1. The lowest BCUT2D eigenvalue weighted by Crippen LogP contribution is -2.24. The van der Waals surface area contributed by atoms with Crippen LogP contribution in [0.3, 0.4) is 0 Å². The van der Waals surface area contributed by atoms with E-state index < -0.39 is 21.7 Å². The Morgan fingerprint density at radius 2 is 1.79 bits per heavy atom. The summed E-state index contributed by atoms with van der Waals surface area (Å²) in [5.41, 5.74) is 2.92. The summed E-state index contributed by atoms with van der Waals surface area (Å²) in [6.45, 7) is -0.289. The molecule has 2 aromatic carbocycles. The first-order chi connectivity index (χ1) is 13.8. The number of halogens is 1. The van der Waals surface area contributed by atoms with Crippen molar-refractivity contribution < 1.29 is 26.8 Å². The van der Waals surface area contributed by atoms with Crippen LogP contribution in [0.5, 0.6) is 5.75 Å². The van der Waals surface area contributed by atoms with Gasteiger partial charge in [-0.3, -0.25) is 4.79 Å². The van der Waals surface area contributed by atoms with E-state index in [0.717, 1.165) is 0 Å². The minimum absolute atomic E-state index is 0.000149. The second-order valence-electron chi connectivity index (χ2n) is 5.81. The van der Waals surface area contributed by atoms with Crippen LogP contribution < -0.4 is 15.3 Å². The molecule has 1 aromatic heterocycles. The summed E-state index contributed by atoms with van der Waals surface area (Å²) >= 11 is 0. The zero-order valence-corrected chi connectivity index (χ0v) is 15.7. The number of carbonyl (C=O) groups excluding carboxylic acids is 1. The summed E-state index contributed by atoms with van der Waals surface area (Å²) in [5, 5.41) is 8.83. The molecule has 29 heavy (non-hydrogen) atoms. The molecule has 150 valence electrons. The summed E-state index contributed by atoms with van der Waals surface area (Å²) < 4.78 is 46.1. The zero-order valence-electron chi connectivity index (χ0n) is 14.9. The summed E-state index contributed by atoms with van der Waals surface area (Å²) in [6, 6.07) is 14.5. The van der Waals surface area contributed by atoms with E-state index in [2.05, 4.69) is 10.5 Å². The first kappa shape index (κ1) is 20.2. The van der Waals surface area contributed by atoms with E-state index in [4.69, 9.17) is 14.3 Å². The van der Waals surface area contributed by atoms with Gasteiger partial charge < -0.3 is 9.15 Å². The smallest absolute Gasteiger partial charge is 0.277 e. The summed E-state index contributed by atoms with van der Waals surface area (Å²) in [4.78, 5) is 11.7. The van der Waals surface area contributed by atoms with Crippen molar-refractivity contribution in [1.29, 1.82) is 0 Å². The van der Waals surface area contributed by atoms with E-state index in [9.17, 15) is 17.6 Å². The Kier molecular flexibility index (Phi) is 6.05. The van der Waals surface area contributed by atoms with E-state index in [-0.39, 0.29) is 11.5 Å². The number of ether oxygens (including phenoxy) is 1. The molecule has 0 unspecified atom stereocenters. The topological polar surface area (TPSA) is 124 Å². The number of primary sulfonamides is 1. The zero-order chi connectivity index (χ0) is 20.9. The predicted molar refractivity (Wildman–Crippen MR) is 103 cm³/mol. The highest BCUT2D eigenvalue weighted by Crippen LogP contribution is 2.22. The van der Waals surface area contributed by atoms with Crippen LogP contribution >= 0.6 is 0 Å². The Balaban J connectivity index is 1.53. The van der Waals surface area contributed by atoms with Gasteiger partial charge in [0.15, 0.2) is 6.61 Å². The molecule has 3 aromatic rings. The number of nitrogens with one attached hydrogen (secondary N) is 1. The molecule has 0 fully saturated rings. The van der Waals surface area contributed by atoms with Crippen LogP contribution in [0.25, 0.3) is 11.3 Å². The van der Waals surface area contributed by atoms with E-state index in [1.54, 1.807) is 24.3 Å². The van der Waals surface area contributed by atoms with Crippen molar-refractivity contribution in [3.05, 3.63) is 72.2 Å². The molecule has 0 atom stereocenters. The second kappa shape index (κ2) is 8.67. The molecule has 0 saturated carbocycles. The third-order valence-electron chi connectivity index (χ3n) is 3.66. The van der Waals surface area contributed by atoms with Crippen LogP contribution in [0.2, 0.25) is 0 Å². The minimum atomic E-state index is -3.76. The number of hydrogen-bond acceptors (Lipinski definition) is 6. The van der Waals surface area contributed by atoms with Gasteiger partial charge in [-0.25, -0.2) is 23.4 Å². The maximum atomic E-state index is 12.8. The Morgan fingerprint density at radius 3 is 2.45 bits per heavy atom. The average molecular weight is 417 g/mol. The highest BCUT2D eigenvalue weighted by atomic mass is 32.2.